The third kappa shape index (κ3) is 2.68. The van der Waals surface area contributed by atoms with Gasteiger partial charge < -0.3 is 5.32 Å². The third-order valence-corrected chi connectivity index (χ3v) is 6.56. The number of carbonyl (C=O) groups excluding carboxylic acids is 1. The van der Waals surface area contributed by atoms with Crippen molar-refractivity contribution < 1.29 is 13.2 Å². The fourth-order valence-corrected chi connectivity index (χ4v) is 5.08. The summed E-state index contributed by atoms with van der Waals surface area (Å²) >= 11 is 0. The molecule has 2 aromatic rings. The summed E-state index contributed by atoms with van der Waals surface area (Å²) in [6.07, 6.45) is 2.67. The van der Waals surface area contributed by atoms with E-state index in [0.29, 0.717) is 23.5 Å². The predicted molar refractivity (Wildman–Crippen MR) is 89.7 cm³/mol. The molecule has 1 unspecified atom stereocenters. The van der Waals surface area contributed by atoms with E-state index in [1.165, 1.54) is 0 Å². The van der Waals surface area contributed by atoms with Crippen molar-refractivity contribution in [2.45, 2.75) is 38.1 Å². The first kappa shape index (κ1) is 15.6. The highest BCUT2D eigenvalue weighted by Crippen LogP contribution is 2.40. The molecule has 1 saturated carbocycles. The van der Waals surface area contributed by atoms with Crippen molar-refractivity contribution >= 4 is 26.8 Å². The third-order valence-electron chi connectivity index (χ3n) is 4.80. The van der Waals surface area contributed by atoms with E-state index in [4.69, 9.17) is 0 Å². The Labute approximate surface area is 140 Å². The molecule has 0 spiro atoms. The van der Waals surface area contributed by atoms with Crippen LogP contribution < -0.4 is 5.32 Å². The van der Waals surface area contributed by atoms with Crippen LogP contribution in [0.3, 0.4) is 0 Å². The van der Waals surface area contributed by atoms with E-state index < -0.39 is 9.84 Å². The van der Waals surface area contributed by atoms with E-state index in [-0.39, 0.29) is 23.5 Å². The lowest BCUT2D eigenvalue weighted by Crippen LogP contribution is -2.35. The van der Waals surface area contributed by atoms with Crippen molar-refractivity contribution in [3.8, 4) is 0 Å². The number of fused-ring (bicyclic) bond motifs is 1. The molecule has 0 aromatic carbocycles. The van der Waals surface area contributed by atoms with Crippen molar-refractivity contribution in [2.75, 3.05) is 11.5 Å². The highest BCUT2D eigenvalue weighted by atomic mass is 32.2. The molecule has 0 radical (unpaired) electrons. The summed E-state index contributed by atoms with van der Waals surface area (Å²) in [6, 6.07) is 1.54. The van der Waals surface area contributed by atoms with Crippen molar-refractivity contribution in [1.29, 1.82) is 0 Å². The van der Waals surface area contributed by atoms with Crippen LogP contribution in [0.4, 0.5) is 0 Å². The molecule has 24 heavy (non-hydrogen) atoms. The number of hydrogen-bond acceptors (Lipinski definition) is 5. The second-order valence-corrected chi connectivity index (χ2v) is 9.08. The Morgan fingerprint density at radius 3 is 2.71 bits per heavy atom. The van der Waals surface area contributed by atoms with Crippen LogP contribution in [0.1, 0.15) is 46.9 Å². The normalized spacial score (nSPS) is 22.8. The Bertz CT molecular complexity index is 944. The maximum absolute atomic E-state index is 12.8. The molecular formula is C16H20N4O3S. The Morgan fingerprint density at radius 1 is 1.33 bits per heavy atom. The molecule has 1 aliphatic carbocycles. The van der Waals surface area contributed by atoms with Crippen LogP contribution in [0.15, 0.2) is 6.07 Å². The Hall–Kier alpha value is -1.96. The van der Waals surface area contributed by atoms with Gasteiger partial charge in [-0.3, -0.25) is 9.48 Å². The van der Waals surface area contributed by atoms with Gasteiger partial charge in [0.2, 0.25) is 0 Å². The second kappa shape index (κ2) is 5.27. The van der Waals surface area contributed by atoms with Gasteiger partial charge in [-0.25, -0.2) is 13.4 Å². The zero-order chi connectivity index (χ0) is 17.1. The monoisotopic (exact) mass is 348 g/mol. The van der Waals surface area contributed by atoms with Gasteiger partial charge >= 0.3 is 0 Å². The minimum absolute atomic E-state index is 0.0223. The molecule has 2 fully saturated rings. The van der Waals surface area contributed by atoms with Crippen molar-refractivity contribution in [3.05, 3.63) is 23.0 Å². The maximum atomic E-state index is 12.8. The summed E-state index contributed by atoms with van der Waals surface area (Å²) in [4.78, 5) is 17.5. The van der Waals surface area contributed by atoms with E-state index in [2.05, 4.69) is 15.4 Å². The smallest absolute Gasteiger partial charge is 0.252 e. The lowest BCUT2D eigenvalue weighted by Gasteiger charge is -2.12. The lowest BCUT2D eigenvalue weighted by molar-refractivity contribution is 0.0942. The standard InChI is InChI=1S/C16H20N4O3S/c1-9-14-12(16(21)17-11-5-6-24(22,23)8-11)7-13(10-3-4-10)18-15(14)20(2)19-9/h7,10-11H,3-6,8H2,1-2H3,(H,17,21). The number of aryl methyl sites for hydroxylation is 2. The molecule has 4 rings (SSSR count). The Balaban J connectivity index is 1.73. The fraction of sp³-hybridized carbons (Fsp3) is 0.562. The van der Waals surface area contributed by atoms with Gasteiger partial charge in [0.1, 0.15) is 0 Å². The van der Waals surface area contributed by atoms with E-state index in [1.54, 1.807) is 4.68 Å². The average Bonchev–Trinajstić information content (AvgIpc) is 3.25. The molecule has 2 aromatic heterocycles. The van der Waals surface area contributed by atoms with Crippen LogP contribution in [0.25, 0.3) is 11.0 Å². The SMILES string of the molecule is Cc1nn(C)c2nc(C3CC3)cc(C(=O)NC3CCS(=O)(=O)C3)c12. The number of pyridine rings is 1. The maximum Gasteiger partial charge on any atom is 0.252 e. The van der Waals surface area contributed by atoms with Crippen LogP contribution >= 0.6 is 0 Å². The van der Waals surface area contributed by atoms with Crippen molar-refractivity contribution in [2.24, 2.45) is 7.05 Å². The molecule has 128 valence electrons. The minimum atomic E-state index is -3.02. The molecule has 1 atom stereocenters. The van der Waals surface area contributed by atoms with Crippen LogP contribution in [0.2, 0.25) is 0 Å². The molecule has 7 nitrogen and oxygen atoms in total. The molecule has 1 amide bonds. The van der Waals surface area contributed by atoms with Gasteiger partial charge in [-0.05, 0) is 32.3 Å². The van der Waals surface area contributed by atoms with Crippen LogP contribution in [0.5, 0.6) is 0 Å². The Morgan fingerprint density at radius 2 is 2.08 bits per heavy atom. The second-order valence-electron chi connectivity index (χ2n) is 6.85. The first-order valence-electron chi connectivity index (χ1n) is 8.19. The number of aromatic nitrogens is 3. The molecule has 1 N–H and O–H groups in total. The summed E-state index contributed by atoms with van der Waals surface area (Å²) in [5, 5.41) is 8.02. The van der Waals surface area contributed by atoms with Gasteiger partial charge in [0.15, 0.2) is 15.5 Å². The quantitative estimate of drug-likeness (QED) is 0.895. The van der Waals surface area contributed by atoms with Gasteiger partial charge in [-0.1, -0.05) is 0 Å². The molecule has 8 heteroatoms. The van der Waals surface area contributed by atoms with E-state index in [1.807, 2.05) is 20.0 Å². The summed E-state index contributed by atoms with van der Waals surface area (Å²) in [5.74, 6) is 0.350. The molecule has 2 aliphatic rings. The molecule has 0 bridgehead atoms. The predicted octanol–water partition coefficient (Wildman–Crippen LogP) is 1.07. The van der Waals surface area contributed by atoms with E-state index >= 15 is 0 Å². The summed E-state index contributed by atoms with van der Waals surface area (Å²) in [7, 11) is -1.20. The molecule has 3 heterocycles. The first-order chi connectivity index (χ1) is 11.3. The van der Waals surface area contributed by atoms with E-state index in [9.17, 15) is 13.2 Å². The Kier molecular flexibility index (Phi) is 3.42. The number of amides is 1. The molecular weight excluding hydrogens is 328 g/mol. The molecule has 1 aliphatic heterocycles. The van der Waals surface area contributed by atoms with Gasteiger partial charge in [0.05, 0.1) is 28.1 Å². The van der Waals surface area contributed by atoms with Crippen LogP contribution in [-0.2, 0) is 16.9 Å². The highest BCUT2D eigenvalue weighted by molar-refractivity contribution is 7.91. The number of carbonyl (C=O) groups is 1. The van der Waals surface area contributed by atoms with Gasteiger partial charge in [0, 0.05) is 24.7 Å². The summed E-state index contributed by atoms with van der Waals surface area (Å²) in [5.41, 5.74) is 2.94. The zero-order valence-corrected chi connectivity index (χ0v) is 14.6. The average molecular weight is 348 g/mol. The molecule has 1 saturated heterocycles. The van der Waals surface area contributed by atoms with Gasteiger partial charge in [-0.15, -0.1) is 0 Å². The van der Waals surface area contributed by atoms with Crippen LogP contribution in [0, 0.1) is 6.92 Å². The lowest BCUT2D eigenvalue weighted by atomic mass is 10.1. The number of rotatable bonds is 3. The number of nitrogens with zero attached hydrogens (tertiary/aromatic N) is 3. The number of hydrogen-bond donors (Lipinski definition) is 1. The fourth-order valence-electron chi connectivity index (χ4n) is 3.40. The number of sulfone groups is 1. The van der Waals surface area contributed by atoms with Crippen LogP contribution in [-0.4, -0.2) is 46.6 Å². The first-order valence-corrected chi connectivity index (χ1v) is 10.0. The minimum Gasteiger partial charge on any atom is -0.348 e. The highest BCUT2D eigenvalue weighted by Gasteiger charge is 2.31. The van der Waals surface area contributed by atoms with Crippen molar-refractivity contribution in [1.82, 2.24) is 20.1 Å². The topological polar surface area (TPSA) is 93.9 Å². The summed E-state index contributed by atoms with van der Waals surface area (Å²) in [6.45, 7) is 1.86. The van der Waals surface area contributed by atoms with E-state index in [0.717, 1.165) is 29.6 Å². The van der Waals surface area contributed by atoms with Gasteiger partial charge in [0.25, 0.3) is 5.91 Å². The number of nitrogens with one attached hydrogen (secondary N) is 1. The largest absolute Gasteiger partial charge is 0.348 e. The zero-order valence-electron chi connectivity index (χ0n) is 13.7. The van der Waals surface area contributed by atoms with Crippen molar-refractivity contribution in [3.63, 3.8) is 0 Å². The van der Waals surface area contributed by atoms with Gasteiger partial charge in [-0.2, -0.15) is 5.10 Å². The summed E-state index contributed by atoms with van der Waals surface area (Å²) < 4.78 is 24.9.